The van der Waals surface area contributed by atoms with Gasteiger partial charge in [0.1, 0.15) is 17.6 Å². The van der Waals surface area contributed by atoms with Crippen LogP contribution in [0.1, 0.15) is 37.4 Å². The van der Waals surface area contributed by atoms with Crippen LogP contribution in [-0.4, -0.2) is 19.7 Å². The lowest BCUT2D eigenvalue weighted by Gasteiger charge is -2.11. The summed E-state index contributed by atoms with van der Waals surface area (Å²) in [5.74, 6) is 2.37. The average Bonchev–Trinajstić information content (AvgIpc) is 2.83. The first kappa shape index (κ1) is 11.1. The fourth-order valence-corrected chi connectivity index (χ4v) is 1.97. The fourth-order valence-electron chi connectivity index (χ4n) is 1.66. The van der Waals surface area contributed by atoms with Crippen LogP contribution in [0.15, 0.2) is 10.6 Å². The van der Waals surface area contributed by atoms with Gasteiger partial charge in [0.2, 0.25) is 5.89 Å². The maximum absolute atomic E-state index is 5.50. The number of nitrogens with one attached hydrogen (secondary N) is 1. The van der Waals surface area contributed by atoms with Crippen molar-refractivity contribution in [3.8, 4) is 0 Å². The summed E-state index contributed by atoms with van der Waals surface area (Å²) < 4.78 is 8.03. The van der Waals surface area contributed by atoms with E-state index in [4.69, 9.17) is 16.6 Å². The largest absolute Gasteiger partial charge is 0.444 e. The summed E-state index contributed by atoms with van der Waals surface area (Å²) >= 11 is 5.20. The smallest absolute Gasteiger partial charge is 0.217 e. The Hall–Kier alpha value is -1.43. The molecule has 5 nitrogen and oxygen atoms in total. The molecule has 0 radical (unpaired) electrons. The van der Waals surface area contributed by atoms with Crippen molar-refractivity contribution in [1.29, 1.82) is 0 Å². The van der Waals surface area contributed by atoms with Gasteiger partial charge < -0.3 is 4.42 Å². The van der Waals surface area contributed by atoms with Crippen molar-refractivity contribution in [2.75, 3.05) is 0 Å². The standard InChI is InChI=1S/C10H14N4OS/c1-4-8-12-13-10(16)14(8)7(3)9-11-5-6(2)15-9/h5,7H,4H2,1-3H3,(H,13,16). The number of hydrogen-bond donors (Lipinski definition) is 1. The summed E-state index contributed by atoms with van der Waals surface area (Å²) in [5, 5.41) is 6.96. The Labute approximate surface area is 98.5 Å². The monoisotopic (exact) mass is 238 g/mol. The second kappa shape index (κ2) is 4.21. The molecule has 2 heterocycles. The molecule has 2 aromatic heterocycles. The first-order valence-electron chi connectivity index (χ1n) is 5.21. The lowest BCUT2D eigenvalue weighted by molar-refractivity contribution is 0.408. The normalized spacial score (nSPS) is 12.9. The SMILES string of the molecule is CCc1n[nH]c(=S)n1C(C)c1ncc(C)o1. The van der Waals surface area contributed by atoms with E-state index in [0.717, 1.165) is 18.0 Å². The van der Waals surface area contributed by atoms with Gasteiger partial charge in [-0.1, -0.05) is 6.92 Å². The molecule has 0 aliphatic carbocycles. The molecule has 0 bridgehead atoms. The van der Waals surface area contributed by atoms with E-state index in [9.17, 15) is 0 Å². The van der Waals surface area contributed by atoms with Crippen molar-refractivity contribution in [3.63, 3.8) is 0 Å². The van der Waals surface area contributed by atoms with Crippen LogP contribution >= 0.6 is 12.2 Å². The molecule has 0 spiro atoms. The van der Waals surface area contributed by atoms with Gasteiger partial charge in [0, 0.05) is 6.42 Å². The maximum atomic E-state index is 5.50. The van der Waals surface area contributed by atoms with Crippen LogP contribution in [0.4, 0.5) is 0 Å². The van der Waals surface area contributed by atoms with Crippen LogP contribution in [-0.2, 0) is 6.42 Å². The molecule has 86 valence electrons. The number of aryl methyl sites for hydroxylation is 2. The lowest BCUT2D eigenvalue weighted by Crippen LogP contribution is -2.10. The van der Waals surface area contributed by atoms with E-state index in [0.29, 0.717) is 10.7 Å². The summed E-state index contributed by atoms with van der Waals surface area (Å²) in [5.41, 5.74) is 0. The van der Waals surface area contributed by atoms with E-state index < -0.39 is 0 Å². The molecule has 16 heavy (non-hydrogen) atoms. The second-order valence-corrected chi connectivity index (χ2v) is 4.04. The van der Waals surface area contributed by atoms with E-state index in [2.05, 4.69) is 15.2 Å². The topological polar surface area (TPSA) is 59.6 Å². The molecule has 0 aliphatic heterocycles. The Balaban J connectivity index is 2.44. The summed E-state index contributed by atoms with van der Waals surface area (Å²) in [6, 6.07) is -0.0325. The van der Waals surface area contributed by atoms with Crippen molar-refractivity contribution in [2.24, 2.45) is 0 Å². The van der Waals surface area contributed by atoms with Gasteiger partial charge >= 0.3 is 0 Å². The number of H-pyrrole nitrogens is 1. The molecule has 1 unspecified atom stereocenters. The number of oxazole rings is 1. The summed E-state index contributed by atoms with van der Waals surface area (Å²) in [4.78, 5) is 4.21. The zero-order chi connectivity index (χ0) is 11.7. The Morgan fingerprint density at radius 2 is 2.38 bits per heavy atom. The van der Waals surface area contributed by atoms with Crippen molar-refractivity contribution >= 4 is 12.2 Å². The summed E-state index contributed by atoms with van der Waals surface area (Å²) in [6.07, 6.45) is 2.53. The third kappa shape index (κ3) is 1.80. The third-order valence-corrected chi connectivity index (χ3v) is 2.77. The van der Waals surface area contributed by atoms with Gasteiger partial charge in [-0.2, -0.15) is 5.10 Å². The van der Waals surface area contributed by atoms with Gasteiger partial charge in [0.15, 0.2) is 4.77 Å². The Morgan fingerprint density at radius 1 is 1.62 bits per heavy atom. The molecule has 1 N–H and O–H groups in total. The number of rotatable bonds is 3. The van der Waals surface area contributed by atoms with Crippen molar-refractivity contribution < 1.29 is 4.42 Å². The Morgan fingerprint density at radius 3 is 2.94 bits per heavy atom. The van der Waals surface area contributed by atoms with E-state index in [1.807, 2.05) is 25.3 Å². The van der Waals surface area contributed by atoms with Crippen LogP contribution in [0, 0.1) is 11.7 Å². The first-order chi connectivity index (χ1) is 7.63. The van der Waals surface area contributed by atoms with Crippen LogP contribution in [0.2, 0.25) is 0 Å². The van der Waals surface area contributed by atoms with E-state index in [-0.39, 0.29) is 6.04 Å². The molecule has 6 heteroatoms. The number of nitrogens with zero attached hydrogens (tertiary/aromatic N) is 3. The summed E-state index contributed by atoms with van der Waals surface area (Å²) in [7, 11) is 0. The van der Waals surface area contributed by atoms with Gasteiger partial charge in [-0.3, -0.25) is 9.67 Å². The van der Waals surface area contributed by atoms with Crippen molar-refractivity contribution in [3.05, 3.63) is 28.4 Å². The van der Waals surface area contributed by atoms with Crippen molar-refractivity contribution in [1.82, 2.24) is 19.7 Å². The molecule has 1 atom stereocenters. The van der Waals surface area contributed by atoms with E-state index in [1.165, 1.54) is 0 Å². The number of aromatic amines is 1. The average molecular weight is 238 g/mol. The molecular formula is C10H14N4OS. The molecule has 0 amide bonds. The number of aromatic nitrogens is 4. The predicted octanol–water partition coefficient (Wildman–Crippen LogP) is 2.41. The molecule has 2 aromatic rings. The molecule has 0 saturated heterocycles. The van der Waals surface area contributed by atoms with Crippen LogP contribution in [0.25, 0.3) is 0 Å². The van der Waals surface area contributed by atoms with Crippen LogP contribution in [0.3, 0.4) is 0 Å². The highest BCUT2D eigenvalue weighted by Crippen LogP contribution is 2.19. The fraction of sp³-hybridized carbons (Fsp3) is 0.500. The Kier molecular flexibility index (Phi) is 2.91. The quantitative estimate of drug-likeness (QED) is 0.834. The van der Waals surface area contributed by atoms with Crippen LogP contribution < -0.4 is 0 Å². The van der Waals surface area contributed by atoms with E-state index in [1.54, 1.807) is 6.20 Å². The van der Waals surface area contributed by atoms with Gasteiger partial charge in [-0.25, -0.2) is 4.98 Å². The number of hydrogen-bond acceptors (Lipinski definition) is 4. The van der Waals surface area contributed by atoms with Crippen LogP contribution in [0.5, 0.6) is 0 Å². The minimum Gasteiger partial charge on any atom is -0.444 e. The molecule has 0 aromatic carbocycles. The lowest BCUT2D eigenvalue weighted by atomic mass is 10.3. The Bertz CT molecular complexity index is 539. The molecule has 0 aliphatic rings. The highest BCUT2D eigenvalue weighted by atomic mass is 32.1. The molecule has 0 fully saturated rings. The predicted molar refractivity (Wildman–Crippen MR) is 61.8 cm³/mol. The van der Waals surface area contributed by atoms with E-state index >= 15 is 0 Å². The molecule has 0 saturated carbocycles. The minimum absolute atomic E-state index is 0.0325. The molecule has 2 rings (SSSR count). The van der Waals surface area contributed by atoms with Crippen molar-refractivity contribution in [2.45, 2.75) is 33.2 Å². The van der Waals surface area contributed by atoms with Gasteiger partial charge in [-0.15, -0.1) is 0 Å². The second-order valence-electron chi connectivity index (χ2n) is 3.65. The first-order valence-corrected chi connectivity index (χ1v) is 5.62. The van der Waals surface area contributed by atoms with Gasteiger partial charge in [-0.05, 0) is 26.1 Å². The third-order valence-electron chi connectivity index (χ3n) is 2.48. The highest BCUT2D eigenvalue weighted by molar-refractivity contribution is 7.71. The van der Waals surface area contributed by atoms with Gasteiger partial charge in [0.25, 0.3) is 0 Å². The summed E-state index contributed by atoms with van der Waals surface area (Å²) in [6.45, 7) is 5.91. The van der Waals surface area contributed by atoms with Gasteiger partial charge in [0.05, 0.1) is 6.20 Å². The zero-order valence-corrected chi connectivity index (χ0v) is 10.3. The zero-order valence-electron chi connectivity index (χ0n) is 9.52. The highest BCUT2D eigenvalue weighted by Gasteiger charge is 2.17. The minimum atomic E-state index is -0.0325. The maximum Gasteiger partial charge on any atom is 0.217 e. The molecular weight excluding hydrogens is 224 g/mol.